The fourth-order valence-electron chi connectivity index (χ4n) is 0.923. The highest BCUT2D eigenvalue weighted by molar-refractivity contribution is 5.32. The molecule has 0 aliphatic heterocycles. The fourth-order valence-corrected chi connectivity index (χ4v) is 0.923. The number of aromatic amines is 1. The van der Waals surface area contributed by atoms with Crippen LogP contribution in [0.1, 0.15) is 5.69 Å². The number of hydrogen-bond acceptors (Lipinski definition) is 4. The third kappa shape index (κ3) is 2.65. The van der Waals surface area contributed by atoms with E-state index in [9.17, 15) is 23.3 Å². The molecule has 0 amide bonds. The van der Waals surface area contributed by atoms with Gasteiger partial charge in [0.05, 0.1) is 4.92 Å². The number of H-pyrrole nitrogens is 1. The van der Waals surface area contributed by atoms with Crippen LogP contribution in [0.3, 0.4) is 0 Å². The summed E-state index contributed by atoms with van der Waals surface area (Å²) < 4.78 is 35.8. The first-order valence-electron chi connectivity index (χ1n) is 3.73. The first-order chi connectivity index (χ1) is 6.82. The number of hydrogen-bond donors (Lipinski definition) is 2. The lowest BCUT2D eigenvalue weighted by molar-refractivity contribution is -0.385. The molecular weight excluding hydrogens is 219 g/mol. The number of halogens is 3. The quantitative estimate of drug-likeness (QED) is 0.587. The summed E-state index contributed by atoms with van der Waals surface area (Å²) in [6.45, 7) is 0. The van der Waals surface area contributed by atoms with Crippen molar-refractivity contribution >= 4 is 5.69 Å². The Morgan fingerprint density at radius 1 is 1.67 bits per heavy atom. The molecule has 84 valence electrons. The third-order valence-corrected chi connectivity index (χ3v) is 1.67. The molecule has 0 fully saturated rings. The second-order valence-corrected chi connectivity index (χ2v) is 2.75. The van der Waals surface area contributed by atoms with Crippen LogP contribution >= 0.6 is 0 Å². The lowest BCUT2D eigenvalue weighted by atomic mass is 10.2. The summed E-state index contributed by atoms with van der Waals surface area (Å²) >= 11 is 0. The molecule has 15 heavy (non-hydrogen) atoms. The molecule has 0 bridgehead atoms. The summed E-state index contributed by atoms with van der Waals surface area (Å²) in [6.07, 6.45) is -7.58. The molecule has 0 aliphatic rings. The van der Waals surface area contributed by atoms with E-state index in [-0.39, 0.29) is 5.69 Å². The molecule has 0 aliphatic carbocycles. The molecule has 2 N–H and O–H groups in total. The fraction of sp³-hybridized carbons (Fsp3) is 0.500. The molecule has 1 aromatic rings. The number of nitrogens with one attached hydrogen (secondary N) is 1. The van der Waals surface area contributed by atoms with Gasteiger partial charge in [-0.15, -0.1) is 0 Å². The van der Waals surface area contributed by atoms with E-state index >= 15 is 0 Å². The van der Waals surface area contributed by atoms with Crippen molar-refractivity contribution in [1.82, 2.24) is 10.2 Å². The van der Waals surface area contributed by atoms with Crippen molar-refractivity contribution in [3.63, 3.8) is 0 Å². The zero-order chi connectivity index (χ0) is 11.6. The monoisotopic (exact) mass is 225 g/mol. The molecule has 0 spiro atoms. The Balaban J connectivity index is 2.81. The molecule has 1 rings (SSSR count). The highest BCUT2D eigenvalue weighted by Crippen LogP contribution is 2.25. The van der Waals surface area contributed by atoms with Crippen LogP contribution in [0.4, 0.5) is 18.9 Å². The number of aliphatic hydroxyl groups is 1. The number of rotatable bonds is 3. The van der Waals surface area contributed by atoms with Crippen molar-refractivity contribution in [3.05, 3.63) is 22.0 Å². The van der Waals surface area contributed by atoms with Gasteiger partial charge in [-0.2, -0.15) is 18.3 Å². The van der Waals surface area contributed by atoms with Gasteiger partial charge >= 0.3 is 11.9 Å². The molecule has 0 saturated heterocycles. The molecular formula is C6H6F3N3O3. The highest BCUT2D eigenvalue weighted by atomic mass is 19.4. The van der Waals surface area contributed by atoms with E-state index in [0.717, 1.165) is 6.20 Å². The minimum absolute atomic E-state index is 0.357. The van der Waals surface area contributed by atoms with Crippen molar-refractivity contribution in [3.8, 4) is 0 Å². The van der Waals surface area contributed by atoms with Crippen LogP contribution in [0.5, 0.6) is 0 Å². The molecule has 1 unspecified atom stereocenters. The summed E-state index contributed by atoms with van der Waals surface area (Å²) in [7, 11) is 0. The average Bonchev–Trinajstić information content (AvgIpc) is 2.50. The van der Waals surface area contributed by atoms with Gasteiger partial charge in [-0.1, -0.05) is 0 Å². The molecule has 0 aromatic carbocycles. The van der Waals surface area contributed by atoms with Gasteiger partial charge in [-0.25, -0.2) is 0 Å². The number of nitrogens with zero attached hydrogens (tertiary/aromatic N) is 2. The molecule has 9 heteroatoms. The zero-order valence-corrected chi connectivity index (χ0v) is 7.15. The summed E-state index contributed by atoms with van der Waals surface area (Å²) in [5.41, 5.74) is -0.928. The second-order valence-electron chi connectivity index (χ2n) is 2.75. The van der Waals surface area contributed by atoms with Gasteiger partial charge in [-0.3, -0.25) is 15.2 Å². The molecule has 6 nitrogen and oxygen atoms in total. The minimum Gasteiger partial charge on any atom is -0.383 e. The van der Waals surface area contributed by atoms with Gasteiger partial charge in [0.1, 0.15) is 11.9 Å². The summed E-state index contributed by atoms with van der Waals surface area (Å²) in [5.74, 6) is 0. The van der Waals surface area contributed by atoms with Crippen LogP contribution in [0.2, 0.25) is 0 Å². The lowest BCUT2D eigenvalue weighted by Gasteiger charge is -2.12. The van der Waals surface area contributed by atoms with Gasteiger partial charge < -0.3 is 5.11 Å². The van der Waals surface area contributed by atoms with E-state index in [4.69, 9.17) is 5.11 Å². The van der Waals surface area contributed by atoms with Gasteiger partial charge in [0, 0.05) is 6.42 Å². The van der Waals surface area contributed by atoms with Crippen LogP contribution in [0.25, 0.3) is 0 Å². The number of alkyl halides is 3. The van der Waals surface area contributed by atoms with Crippen LogP contribution < -0.4 is 0 Å². The van der Waals surface area contributed by atoms with E-state index in [1.807, 2.05) is 5.10 Å². The van der Waals surface area contributed by atoms with E-state index in [2.05, 4.69) is 5.10 Å². The SMILES string of the molecule is O=[N+]([O-])c1cn[nH]c1CC(O)C(F)(F)F. The Kier molecular flexibility index (Phi) is 2.93. The van der Waals surface area contributed by atoms with Gasteiger partial charge in [-0.05, 0) is 0 Å². The summed E-state index contributed by atoms with van der Waals surface area (Å²) in [5, 5.41) is 24.2. The predicted octanol–water partition coefficient (Wildman–Crippen LogP) is 0.784. The molecule has 1 atom stereocenters. The van der Waals surface area contributed by atoms with Crippen molar-refractivity contribution < 1.29 is 23.2 Å². The average molecular weight is 225 g/mol. The maximum absolute atomic E-state index is 11.9. The van der Waals surface area contributed by atoms with Crippen molar-refractivity contribution in [2.75, 3.05) is 0 Å². The molecule has 0 saturated carbocycles. The van der Waals surface area contributed by atoms with Crippen LogP contribution in [0.15, 0.2) is 6.20 Å². The van der Waals surface area contributed by atoms with Crippen LogP contribution in [-0.2, 0) is 6.42 Å². The van der Waals surface area contributed by atoms with Crippen LogP contribution in [-0.4, -0.2) is 32.5 Å². The number of nitro groups is 1. The van der Waals surface area contributed by atoms with E-state index < -0.39 is 29.3 Å². The van der Waals surface area contributed by atoms with Crippen molar-refractivity contribution in [2.24, 2.45) is 0 Å². The first-order valence-corrected chi connectivity index (χ1v) is 3.73. The number of aromatic nitrogens is 2. The van der Waals surface area contributed by atoms with Crippen molar-refractivity contribution in [2.45, 2.75) is 18.7 Å². The third-order valence-electron chi connectivity index (χ3n) is 1.67. The smallest absolute Gasteiger partial charge is 0.383 e. The van der Waals surface area contributed by atoms with E-state index in [1.54, 1.807) is 0 Å². The highest BCUT2D eigenvalue weighted by Gasteiger charge is 2.39. The van der Waals surface area contributed by atoms with E-state index in [0.29, 0.717) is 0 Å². The molecule has 1 aromatic heterocycles. The Bertz CT molecular complexity index is 362. The van der Waals surface area contributed by atoms with Crippen molar-refractivity contribution in [1.29, 1.82) is 0 Å². The Hall–Kier alpha value is -1.64. The number of aliphatic hydroxyl groups excluding tert-OH is 1. The maximum atomic E-state index is 11.9. The standard InChI is InChI=1S/C6H6F3N3O3/c7-6(8,9)5(13)1-3-4(12(14)15)2-10-11-3/h2,5,13H,1H2,(H,10,11). The minimum atomic E-state index is -4.81. The van der Waals surface area contributed by atoms with Gasteiger partial charge in [0.2, 0.25) is 0 Å². The predicted molar refractivity (Wildman–Crippen MR) is 41.0 cm³/mol. The summed E-state index contributed by atoms with van der Waals surface area (Å²) in [4.78, 5) is 9.42. The topological polar surface area (TPSA) is 92.0 Å². The largest absolute Gasteiger partial charge is 0.414 e. The van der Waals surface area contributed by atoms with Gasteiger partial charge in [0.15, 0.2) is 6.10 Å². The summed E-state index contributed by atoms with van der Waals surface area (Å²) in [6, 6.07) is 0. The Morgan fingerprint density at radius 2 is 2.27 bits per heavy atom. The Morgan fingerprint density at radius 3 is 2.73 bits per heavy atom. The van der Waals surface area contributed by atoms with E-state index in [1.165, 1.54) is 0 Å². The lowest BCUT2D eigenvalue weighted by Crippen LogP contribution is -2.30. The van der Waals surface area contributed by atoms with Gasteiger partial charge in [0.25, 0.3) is 0 Å². The molecule has 0 radical (unpaired) electrons. The second kappa shape index (κ2) is 3.85. The Labute approximate surface area is 80.9 Å². The van der Waals surface area contributed by atoms with Crippen LogP contribution in [0, 0.1) is 10.1 Å². The molecule has 1 heterocycles. The first kappa shape index (κ1) is 11.4. The zero-order valence-electron chi connectivity index (χ0n) is 7.15. The maximum Gasteiger partial charge on any atom is 0.414 e. The normalized spacial score (nSPS) is 13.9.